The Morgan fingerprint density at radius 2 is 1.85 bits per heavy atom. The Morgan fingerprint density at radius 3 is 2.40 bits per heavy atom. The normalized spacial score (nSPS) is 22.4. The van der Waals surface area contributed by atoms with Crippen LogP contribution >= 0.6 is 0 Å². The number of hydrogen-bond acceptors (Lipinski definition) is 3. The number of rotatable bonds is 3. The first-order chi connectivity index (χ1) is 9.52. The van der Waals surface area contributed by atoms with Crippen molar-refractivity contribution >= 4 is 11.6 Å². The second kappa shape index (κ2) is 6.17. The molecular weight excluding hydrogens is 264 g/mol. The zero-order chi connectivity index (χ0) is 14.7. The van der Waals surface area contributed by atoms with E-state index >= 15 is 0 Å². The van der Waals surface area contributed by atoms with Crippen LogP contribution in [0.25, 0.3) is 0 Å². The summed E-state index contributed by atoms with van der Waals surface area (Å²) in [7, 11) is 0. The number of nitrogens with one attached hydrogen (secondary N) is 2. The molecule has 1 amide bonds. The van der Waals surface area contributed by atoms with Gasteiger partial charge in [-0.15, -0.1) is 0 Å². The van der Waals surface area contributed by atoms with Gasteiger partial charge in [-0.1, -0.05) is 19.8 Å². The van der Waals surface area contributed by atoms with Crippen LogP contribution in [0, 0.1) is 17.6 Å². The molecule has 1 aliphatic rings. The summed E-state index contributed by atoms with van der Waals surface area (Å²) in [6, 6.07) is 2.04. The van der Waals surface area contributed by atoms with Crippen molar-refractivity contribution in [1.82, 2.24) is 5.32 Å². The molecule has 4 N–H and O–H groups in total. The molecule has 0 aliphatic heterocycles. The second-order valence-corrected chi connectivity index (χ2v) is 5.30. The van der Waals surface area contributed by atoms with E-state index in [2.05, 4.69) is 12.2 Å². The first-order valence-corrected chi connectivity index (χ1v) is 6.79. The summed E-state index contributed by atoms with van der Waals surface area (Å²) in [6.45, 7) is 2.08. The highest BCUT2D eigenvalue weighted by Crippen LogP contribution is 2.25. The van der Waals surface area contributed by atoms with Crippen molar-refractivity contribution < 1.29 is 13.6 Å². The standard InChI is InChI=1S/C14H19F2N3O/c1-8-4-2-3-5-12(8)18-14(20)9-6-10(15)13(19-17)11(16)7-9/h6-8,12,19H,2-5,17H2,1H3,(H,18,20). The Labute approximate surface area is 116 Å². The van der Waals surface area contributed by atoms with Gasteiger partial charge in [-0.05, 0) is 30.9 Å². The minimum Gasteiger partial charge on any atom is -0.349 e. The predicted molar refractivity (Wildman–Crippen MR) is 73.1 cm³/mol. The Kier molecular flexibility index (Phi) is 4.54. The third-order valence-electron chi connectivity index (χ3n) is 3.88. The van der Waals surface area contributed by atoms with Gasteiger partial charge in [0.05, 0.1) is 0 Å². The molecule has 0 spiro atoms. The van der Waals surface area contributed by atoms with E-state index in [0.717, 1.165) is 37.8 Å². The highest BCUT2D eigenvalue weighted by atomic mass is 19.1. The van der Waals surface area contributed by atoms with Crippen molar-refractivity contribution in [3.8, 4) is 0 Å². The first kappa shape index (κ1) is 14.7. The van der Waals surface area contributed by atoms with Gasteiger partial charge in [-0.2, -0.15) is 0 Å². The molecule has 2 atom stereocenters. The van der Waals surface area contributed by atoms with Gasteiger partial charge in [0.25, 0.3) is 5.91 Å². The molecule has 0 radical (unpaired) electrons. The SMILES string of the molecule is CC1CCCCC1NC(=O)c1cc(F)c(NN)c(F)c1. The summed E-state index contributed by atoms with van der Waals surface area (Å²) < 4.78 is 27.1. The molecule has 1 aromatic rings. The molecule has 1 aliphatic carbocycles. The van der Waals surface area contributed by atoms with Gasteiger partial charge < -0.3 is 10.7 Å². The van der Waals surface area contributed by atoms with Crippen molar-refractivity contribution in [3.63, 3.8) is 0 Å². The average molecular weight is 283 g/mol. The summed E-state index contributed by atoms with van der Waals surface area (Å²) in [5, 5.41) is 2.85. The molecule has 6 heteroatoms. The number of nitrogen functional groups attached to an aromatic ring is 1. The van der Waals surface area contributed by atoms with Gasteiger partial charge in [-0.25, -0.2) is 8.78 Å². The van der Waals surface area contributed by atoms with Gasteiger partial charge in [0.2, 0.25) is 0 Å². The number of benzene rings is 1. The number of hydrogen-bond donors (Lipinski definition) is 3. The van der Waals surface area contributed by atoms with Gasteiger partial charge in [0, 0.05) is 11.6 Å². The maximum atomic E-state index is 13.6. The minimum atomic E-state index is -0.880. The number of nitrogens with two attached hydrogens (primary N) is 1. The first-order valence-electron chi connectivity index (χ1n) is 6.79. The summed E-state index contributed by atoms with van der Waals surface area (Å²) in [5.74, 6) is 3.18. The lowest BCUT2D eigenvalue weighted by Gasteiger charge is -2.29. The van der Waals surface area contributed by atoms with Crippen LogP contribution < -0.4 is 16.6 Å². The van der Waals surface area contributed by atoms with Gasteiger partial charge >= 0.3 is 0 Å². The zero-order valence-electron chi connectivity index (χ0n) is 11.4. The quantitative estimate of drug-likeness (QED) is 0.590. The molecule has 2 unspecified atom stereocenters. The van der Waals surface area contributed by atoms with Gasteiger partial charge in [0.1, 0.15) is 5.69 Å². The maximum absolute atomic E-state index is 13.6. The second-order valence-electron chi connectivity index (χ2n) is 5.30. The Bertz CT molecular complexity index is 484. The van der Waals surface area contributed by atoms with E-state index in [-0.39, 0.29) is 11.6 Å². The highest BCUT2D eigenvalue weighted by Gasteiger charge is 2.24. The molecule has 0 saturated heterocycles. The van der Waals surface area contributed by atoms with Crippen molar-refractivity contribution in [2.45, 2.75) is 38.6 Å². The lowest BCUT2D eigenvalue weighted by atomic mass is 9.86. The van der Waals surface area contributed by atoms with Crippen LogP contribution in [0.1, 0.15) is 43.0 Å². The Balaban J connectivity index is 2.13. The maximum Gasteiger partial charge on any atom is 0.251 e. The van der Waals surface area contributed by atoms with E-state index in [0.29, 0.717) is 5.92 Å². The van der Waals surface area contributed by atoms with E-state index in [4.69, 9.17) is 5.84 Å². The lowest BCUT2D eigenvalue weighted by molar-refractivity contribution is 0.0909. The van der Waals surface area contributed by atoms with Crippen LogP contribution in [0.2, 0.25) is 0 Å². The number of hydrazine groups is 1. The summed E-state index contributed by atoms with van der Waals surface area (Å²) in [4.78, 5) is 12.1. The molecular formula is C14H19F2N3O. The molecule has 2 rings (SSSR count). The number of amides is 1. The summed E-state index contributed by atoms with van der Waals surface area (Å²) in [6.07, 6.45) is 4.19. The Morgan fingerprint density at radius 1 is 1.25 bits per heavy atom. The number of carbonyl (C=O) groups is 1. The monoisotopic (exact) mass is 283 g/mol. The van der Waals surface area contributed by atoms with Crippen molar-refractivity contribution in [3.05, 3.63) is 29.3 Å². The van der Waals surface area contributed by atoms with Crippen LogP contribution in [-0.4, -0.2) is 11.9 Å². The summed E-state index contributed by atoms with van der Waals surface area (Å²) >= 11 is 0. The van der Waals surface area contributed by atoms with Crippen LogP contribution in [0.15, 0.2) is 12.1 Å². The van der Waals surface area contributed by atoms with Crippen molar-refractivity contribution in [1.29, 1.82) is 0 Å². The smallest absolute Gasteiger partial charge is 0.251 e. The number of carbonyl (C=O) groups excluding carboxylic acids is 1. The molecule has 4 nitrogen and oxygen atoms in total. The highest BCUT2D eigenvalue weighted by molar-refractivity contribution is 5.94. The summed E-state index contributed by atoms with van der Waals surface area (Å²) in [5.41, 5.74) is 1.47. The molecule has 1 saturated carbocycles. The van der Waals surface area contributed by atoms with E-state index in [1.165, 1.54) is 0 Å². The van der Waals surface area contributed by atoms with Crippen LogP contribution in [0.3, 0.4) is 0 Å². The fourth-order valence-corrected chi connectivity index (χ4v) is 2.62. The fourth-order valence-electron chi connectivity index (χ4n) is 2.62. The topological polar surface area (TPSA) is 67.2 Å². The van der Waals surface area contributed by atoms with E-state index < -0.39 is 23.2 Å². The average Bonchev–Trinajstić information content (AvgIpc) is 2.41. The van der Waals surface area contributed by atoms with E-state index in [9.17, 15) is 13.6 Å². The lowest BCUT2D eigenvalue weighted by Crippen LogP contribution is -2.41. The minimum absolute atomic E-state index is 0.0308. The van der Waals surface area contributed by atoms with E-state index in [1.54, 1.807) is 0 Å². The molecule has 110 valence electrons. The van der Waals surface area contributed by atoms with Crippen LogP contribution in [0.4, 0.5) is 14.5 Å². The van der Waals surface area contributed by atoms with E-state index in [1.807, 2.05) is 5.43 Å². The molecule has 1 aromatic carbocycles. The number of anilines is 1. The number of halogens is 2. The van der Waals surface area contributed by atoms with Crippen molar-refractivity contribution in [2.24, 2.45) is 11.8 Å². The molecule has 0 bridgehead atoms. The fraction of sp³-hybridized carbons (Fsp3) is 0.500. The van der Waals surface area contributed by atoms with Gasteiger partial charge in [0.15, 0.2) is 11.6 Å². The van der Waals surface area contributed by atoms with Crippen molar-refractivity contribution in [2.75, 3.05) is 5.43 Å². The molecule has 0 heterocycles. The zero-order valence-corrected chi connectivity index (χ0v) is 11.4. The third-order valence-corrected chi connectivity index (χ3v) is 3.88. The van der Waals surface area contributed by atoms with Crippen LogP contribution in [0.5, 0.6) is 0 Å². The van der Waals surface area contributed by atoms with Crippen LogP contribution in [-0.2, 0) is 0 Å². The molecule has 1 fully saturated rings. The Hall–Kier alpha value is -1.69. The largest absolute Gasteiger partial charge is 0.349 e. The molecule has 20 heavy (non-hydrogen) atoms. The molecule has 0 aromatic heterocycles. The van der Waals surface area contributed by atoms with Gasteiger partial charge in [-0.3, -0.25) is 10.6 Å². The predicted octanol–water partition coefficient (Wildman–Crippen LogP) is 2.56. The third kappa shape index (κ3) is 3.07.